The van der Waals surface area contributed by atoms with Crippen LogP contribution in [0.15, 0.2) is 0 Å². The SMILES string of the molecule is CC(C)(C)OC(=O)NCC(N)CCN1CCOCC1. The quantitative estimate of drug-likeness (QED) is 0.765. The number of nitrogens with one attached hydrogen (secondary N) is 1. The maximum absolute atomic E-state index is 11.5. The molecule has 0 spiro atoms. The molecule has 0 saturated carbocycles. The van der Waals surface area contributed by atoms with Crippen LogP contribution in [0.3, 0.4) is 0 Å². The molecule has 112 valence electrons. The first-order chi connectivity index (χ1) is 8.87. The normalized spacial score (nSPS) is 18.9. The first-order valence-electron chi connectivity index (χ1n) is 6.89. The van der Waals surface area contributed by atoms with Crippen molar-refractivity contribution in [1.29, 1.82) is 0 Å². The molecule has 1 saturated heterocycles. The molecule has 0 aromatic heterocycles. The maximum Gasteiger partial charge on any atom is 0.407 e. The van der Waals surface area contributed by atoms with Gasteiger partial charge < -0.3 is 20.5 Å². The lowest BCUT2D eigenvalue weighted by Gasteiger charge is -2.27. The van der Waals surface area contributed by atoms with E-state index in [1.165, 1.54) is 0 Å². The number of carbonyl (C=O) groups excluding carboxylic acids is 1. The molecule has 1 heterocycles. The highest BCUT2D eigenvalue weighted by atomic mass is 16.6. The summed E-state index contributed by atoms with van der Waals surface area (Å²) in [7, 11) is 0. The topological polar surface area (TPSA) is 76.8 Å². The molecule has 1 aliphatic rings. The molecule has 1 unspecified atom stereocenters. The Bertz CT molecular complexity index is 273. The van der Waals surface area contributed by atoms with Gasteiger partial charge >= 0.3 is 6.09 Å². The van der Waals surface area contributed by atoms with E-state index in [0.29, 0.717) is 6.54 Å². The highest BCUT2D eigenvalue weighted by Gasteiger charge is 2.17. The number of nitrogens with two attached hydrogens (primary N) is 1. The zero-order valence-electron chi connectivity index (χ0n) is 12.3. The number of hydrogen-bond acceptors (Lipinski definition) is 5. The van der Waals surface area contributed by atoms with Gasteiger partial charge in [0.25, 0.3) is 0 Å². The third-order valence-corrected chi connectivity index (χ3v) is 2.83. The maximum atomic E-state index is 11.5. The highest BCUT2D eigenvalue weighted by Crippen LogP contribution is 2.06. The number of ether oxygens (including phenoxy) is 2. The Morgan fingerprint density at radius 3 is 2.63 bits per heavy atom. The summed E-state index contributed by atoms with van der Waals surface area (Å²) in [6.07, 6.45) is 0.449. The average molecular weight is 273 g/mol. The summed E-state index contributed by atoms with van der Waals surface area (Å²) in [5, 5.41) is 2.70. The summed E-state index contributed by atoms with van der Waals surface area (Å²) >= 11 is 0. The number of rotatable bonds is 5. The highest BCUT2D eigenvalue weighted by molar-refractivity contribution is 5.67. The third kappa shape index (κ3) is 8.02. The van der Waals surface area contributed by atoms with Gasteiger partial charge in [0, 0.05) is 25.7 Å². The first kappa shape index (κ1) is 16.2. The van der Waals surface area contributed by atoms with Crippen molar-refractivity contribution in [1.82, 2.24) is 10.2 Å². The number of carbonyl (C=O) groups is 1. The van der Waals surface area contributed by atoms with Crippen molar-refractivity contribution < 1.29 is 14.3 Å². The number of amides is 1. The molecular weight excluding hydrogens is 246 g/mol. The summed E-state index contributed by atoms with van der Waals surface area (Å²) in [5.74, 6) is 0. The molecule has 3 N–H and O–H groups in total. The first-order valence-corrected chi connectivity index (χ1v) is 6.89. The third-order valence-electron chi connectivity index (χ3n) is 2.83. The zero-order valence-corrected chi connectivity index (χ0v) is 12.3. The van der Waals surface area contributed by atoms with Gasteiger partial charge in [-0.05, 0) is 33.7 Å². The van der Waals surface area contributed by atoms with E-state index in [4.69, 9.17) is 15.2 Å². The number of nitrogens with zero attached hydrogens (tertiary/aromatic N) is 1. The fourth-order valence-electron chi connectivity index (χ4n) is 1.80. The van der Waals surface area contributed by atoms with Gasteiger partial charge in [-0.15, -0.1) is 0 Å². The van der Waals surface area contributed by atoms with Gasteiger partial charge in [-0.3, -0.25) is 4.90 Å². The van der Waals surface area contributed by atoms with Crippen LogP contribution < -0.4 is 11.1 Å². The summed E-state index contributed by atoms with van der Waals surface area (Å²) in [6.45, 7) is 10.4. The molecule has 1 rings (SSSR count). The molecular formula is C13H27N3O3. The molecule has 0 bridgehead atoms. The Morgan fingerprint density at radius 1 is 1.42 bits per heavy atom. The second-order valence-electron chi connectivity index (χ2n) is 5.89. The van der Waals surface area contributed by atoms with Crippen LogP contribution in [0.4, 0.5) is 4.79 Å². The van der Waals surface area contributed by atoms with E-state index in [0.717, 1.165) is 39.3 Å². The zero-order chi connectivity index (χ0) is 14.3. The Kier molecular flexibility index (Phi) is 6.54. The minimum Gasteiger partial charge on any atom is -0.444 e. The van der Waals surface area contributed by atoms with Crippen molar-refractivity contribution in [3.05, 3.63) is 0 Å². The Labute approximate surface area is 115 Å². The van der Waals surface area contributed by atoms with Gasteiger partial charge in [0.2, 0.25) is 0 Å². The van der Waals surface area contributed by atoms with Crippen molar-refractivity contribution in [2.24, 2.45) is 5.73 Å². The van der Waals surface area contributed by atoms with Gasteiger partial charge in [0.1, 0.15) is 5.60 Å². The summed E-state index contributed by atoms with van der Waals surface area (Å²) < 4.78 is 10.4. The lowest BCUT2D eigenvalue weighted by atomic mass is 10.2. The fourth-order valence-corrected chi connectivity index (χ4v) is 1.80. The minimum atomic E-state index is -0.470. The van der Waals surface area contributed by atoms with Gasteiger partial charge in [-0.2, -0.15) is 0 Å². The predicted molar refractivity (Wildman–Crippen MR) is 74.1 cm³/mol. The molecule has 6 heteroatoms. The van der Waals surface area contributed by atoms with Gasteiger partial charge in [0.15, 0.2) is 0 Å². The van der Waals surface area contributed by atoms with Crippen LogP contribution in [0, 0.1) is 0 Å². The fraction of sp³-hybridized carbons (Fsp3) is 0.923. The second kappa shape index (κ2) is 7.67. The largest absolute Gasteiger partial charge is 0.444 e. The van der Waals surface area contributed by atoms with Crippen LogP contribution in [0.5, 0.6) is 0 Å². The van der Waals surface area contributed by atoms with Gasteiger partial charge in [-0.1, -0.05) is 0 Å². The molecule has 1 aliphatic heterocycles. The van der Waals surface area contributed by atoms with Crippen molar-refractivity contribution in [2.45, 2.75) is 38.8 Å². The molecule has 6 nitrogen and oxygen atoms in total. The Morgan fingerprint density at radius 2 is 2.05 bits per heavy atom. The van der Waals surface area contributed by atoms with E-state index in [-0.39, 0.29) is 6.04 Å². The molecule has 1 fully saturated rings. The van der Waals surface area contributed by atoms with Gasteiger partial charge in [0.05, 0.1) is 13.2 Å². The van der Waals surface area contributed by atoms with E-state index in [2.05, 4.69) is 10.2 Å². The predicted octanol–water partition coefficient (Wildman–Crippen LogP) is 0.561. The monoisotopic (exact) mass is 273 g/mol. The standard InChI is InChI=1S/C13H27N3O3/c1-13(2,3)19-12(17)15-10-11(14)4-5-16-6-8-18-9-7-16/h11H,4-10,14H2,1-3H3,(H,15,17). The lowest BCUT2D eigenvalue weighted by molar-refractivity contribution is 0.0364. The van der Waals surface area contributed by atoms with E-state index in [1.807, 2.05) is 20.8 Å². The molecule has 1 atom stereocenters. The van der Waals surface area contributed by atoms with Gasteiger partial charge in [-0.25, -0.2) is 4.79 Å². The number of morpholine rings is 1. The molecule has 19 heavy (non-hydrogen) atoms. The van der Waals surface area contributed by atoms with Crippen molar-refractivity contribution >= 4 is 6.09 Å². The van der Waals surface area contributed by atoms with E-state index in [9.17, 15) is 4.79 Å². The van der Waals surface area contributed by atoms with Crippen LogP contribution in [-0.4, -0.2) is 62.0 Å². The average Bonchev–Trinajstić information content (AvgIpc) is 2.33. The van der Waals surface area contributed by atoms with E-state index >= 15 is 0 Å². The molecule has 0 aliphatic carbocycles. The second-order valence-corrected chi connectivity index (χ2v) is 5.89. The van der Waals surface area contributed by atoms with E-state index < -0.39 is 11.7 Å². The minimum absolute atomic E-state index is 0.0460. The van der Waals surface area contributed by atoms with Crippen molar-refractivity contribution in [3.63, 3.8) is 0 Å². The summed E-state index contributed by atoms with van der Waals surface area (Å²) in [4.78, 5) is 13.8. The van der Waals surface area contributed by atoms with Crippen molar-refractivity contribution in [2.75, 3.05) is 39.4 Å². The molecule has 1 amide bonds. The van der Waals surface area contributed by atoms with Crippen LogP contribution in [-0.2, 0) is 9.47 Å². The van der Waals surface area contributed by atoms with Crippen LogP contribution in [0.2, 0.25) is 0 Å². The van der Waals surface area contributed by atoms with Crippen LogP contribution >= 0.6 is 0 Å². The number of alkyl carbamates (subject to hydrolysis) is 1. The van der Waals surface area contributed by atoms with Crippen LogP contribution in [0.1, 0.15) is 27.2 Å². The summed E-state index contributed by atoms with van der Waals surface area (Å²) in [6, 6.07) is -0.0460. The lowest BCUT2D eigenvalue weighted by Crippen LogP contribution is -2.43. The summed E-state index contributed by atoms with van der Waals surface area (Å²) in [5.41, 5.74) is 5.50. The Balaban J connectivity index is 2.10. The molecule has 0 aromatic carbocycles. The smallest absolute Gasteiger partial charge is 0.407 e. The van der Waals surface area contributed by atoms with Crippen LogP contribution in [0.25, 0.3) is 0 Å². The van der Waals surface area contributed by atoms with E-state index in [1.54, 1.807) is 0 Å². The molecule has 0 aromatic rings. The molecule has 0 radical (unpaired) electrons. The Hall–Kier alpha value is -0.850. The number of hydrogen-bond donors (Lipinski definition) is 2. The van der Waals surface area contributed by atoms with Crippen molar-refractivity contribution in [3.8, 4) is 0 Å².